The molecule has 1 aromatic rings. The van der Waals surface area contributed by atoms with Crippen molar-refractivity contribution in [3.8, 4) is 5.75 Å². The van der Waals surface area contributed by atoms with E-state index in [1.54, 1.807) is 6.07 Å². The Morgan fingerprint density at radius 3 is 2.68 bits per heavy atom. The molecule has 3 rings (SSSR count). The van der Waals surface area contributed by atoms with Gasteiger partial charge in [0.1, 0.15) is 5.75 Å². The van der Waals surface area contributed by atoms with E-state index in [0.717, 1.165) is 23.0 Å². The Bertz CT molecular complexity index is 442. The first-order valence-electron chi connectivity index (χ1n) is 7.45. The van der Waals surface area contributed by atoms with Crippen molar-refractivity contribution in [2.75, 3.05) is 6.54 Å². The molecule has 0 radical (unpaired) electrons. The van der Waals surface area contributed by atoms with Gasteiger partial charge >= 0.3 is 0 Å². The molecule has 1 atom stereocenters. The van der Waals surface area contributed by atoms with Gasteiger partial charge in [-0.25, -0.2) is 0 Å². The van der Waals surface area contributed by atoms with Crippen molar-refractivity contribution in [2.45, 2.75) is 51.1 Å². The first-order valence-corrected chi connectivity index (χ1v) is 8.25. The zero-order valence-corrected chi connectivity index (χ0v) is 12.9. The molecular formula is C16H22BrNO. The normalized spacial score (nSPS) is 25.2. The van der Waals surface area contributed by atoms with Gasteiger partial charge < -0.3 is 5.11 Å². The fourth-order valence-corrected chi connectivity index (χ4v) is 4.23. The van der Waals surface area contributed by atoms with E-state index >= 15 is 0 Å². The fraction of sp³-hybridized carbons (Fsp3) is 0.625. The van der Waals surface area contributed by atoms with Crippen LogP contribution >= 0.6 is 15.9 Å². The van der Waals surface area contributed by atoms with Crippen molar-refractivity contribution in [3.63, 3.8) is 0 Å². The Balaban J connectivity index is 1.69. The van der Waals surface area contributed by atoms with Crippen LogP contribution in [0.1, 0.15) is 44.1 Å². The number of nitrogens with zero attached hydrogens (tertiary/aromatic N) is 1. The molecule has 2 nitrogen and oxygen atoms in total. The van der Waals surface area contributed by atoms with Gasteiger partial charge in [-0.3, -0.25) is 4.90 Å². The van der Waals surface area contributed by atoms with E-state index in [1.807, 2.05) is 6.07 Å². The van der Waals surface area contributed by atoms with Crippen LogP contribution < -0.4 is 0 Å². The Morgan fingerprint density at radius 2 is 1.95 bits per heavy atom. The van der Waals surface area contributed by atoms with Crippen LogP contribution in [0.4, 0.5) is 0 Å². The molecule has 0 spiro atoms. The predicted octanol–water partition coefficient (Wildman–Crippen LogP) is 4.31. The fourth-order valence-electron chi connectivity index (χ4n) is 3.81. The molecule has 2 fully saturated rings. The second-order valence-corrected chi connectivity index (χ2v) is 6.86. The summed E-state index contributed by atoms with van der Waals surface area (Å²) in [6, 6.07) is 6.69. The SMILES string of the molecule is Oc1ccc(CN2CCCC2C2CCCC2)cc1Br. The molecule has 1 aliphatic heterocycles. The van der Waals surface area contributed by atoms with Crippen LogP contribution in [0.3, 0.4) is 0 Å². The van der Waals surface area contributed by atoms with E-state index in [2.05, 4.69) is 26.9 Å². The highest BCUT2D eigenvalue weighted by Crippen LogP contribution is 2.36. The summed E-state index contributed by atoms with van der Waals surface area (Å²) in [7, 11) is 0. The van der Waals surface area contributed by atoms with Gasteiger partial charge in [0.25, 0.3) is 0 Å². The summed E-state index contributed by atoms with van der Waals surface area (Å²) in [5, 5.41) is 9.57. The van der Waals surface area contributed by atoms with Gasteiger partial charge in [-0.05, 0) is 71.8 Å². The molecule has 1 unspecified atom stereocenters. The second-order valence-electron chi connectivity index (χ2n) is 6.01. The summed E-state index contributed by atoms with van der Waals surface area (Å²) in [5.41, 5.74) is 1.30. The highest BCUT2D eigenvalue weighted by molar-refractivity contribution is 9.10. The van der Waals surface area contributed by atoms with E-state index < -0.39 is 0 Å². The third-order valence-corrected chi connectivity index (χ3v) is 5.39. The summed E-state index contributed by atoms with van der Waals surface area (Å²) in [6.07, 6.45) is 8.45. The third-order valence-electron chi connectivity index (χ3n) is 4.76. The number of phenols is 1. The molecule has 1 saturated carbocycles. The molecular weight excluding hydrogens is 302 g/mol. The molecule has 1 heterocycles. The maximum absolute atomic E-state index is 9.57. The van der Waals surface area contributed by atoms with E-state index in [9.17, 15) is 5.11 Å². The van der Waals surface area contributed by atoms with Crippen LogP contribution in [-0.4, -0.2) is 22.6 Å². The topological polar surface area (TPSA) is 23.5 Å². The molecule has 1 aliphatic carbocycles. The number of phenolic OH excluding ortho intramolecular Hbond substituents is 1. The zero-order chi connectivity index (χ0) is 13.2. The average Bonchev–Trinajstić information content (AvgIpc) is 3.04. The number of hydrogen-bond donors (Lipinski definition) is 1. The lowest BCUT2D eigenvalue weighted by molar-refractivity contribution is 0.183. The van der Waals surface area contributed by atoms with Crippen LogP contribution in [0, 0.1) is 5.92 Å². The Morgan fingerprint density at radius 1 is 1.16 bits per heavy atom. The standard InChI is InChI=1S/C16H22BrNO/c17-14-10-12(7-8-16(14)19)11-18-9-3-6-15(18)13-4-1-2-5-13/h7-8,10,13,15,19H,1-6,9,11H2. The number of likely N-dealkylation sites (tertiary alicyclic amines) is 1. The highest BCUT2D eigenvalue weighted by Gasteiger charge is 2.32. The molecule has 0 aromatic heterocycles. The molecule has 1 aromatic carbocycles. The van der Waals surface area contributed by atoms with Gasteiger partial charge in [0.15, 0.2) is 0 Å². The molecule has 0 bridgehead atoms. The van der Waals surface area contributed by atoms with Gasteiger partial charge in [0.2, 0.25) is 0 Å². The van der Waals surface area contributed by atoms with Crippen LogP contribution in [-0.2, 0) is 6.54 Å². The zero-order valence-electron chi connectivity index (χ0n) is 11.3. The second kappa shape index (κ2) is 5.84. The quantitative estimate of drug-likeness (QED) is 0.895. The van der Waals surface area contributed by atoms with E-state index in [4.69, 9.17) is 0 Å². The van der Waals surface area contributed by atoms with E-state index in [-0.39, 0.29) is 0 Å². The molecule has 19 heavy (non-hydrogen) atoms. The summed E-state index contributed by atoms with van der Waals surface area (Å²) < 4.78 is 0.807. The highest BCUT2D eigenvalue weighted by atomic mass is 79.9. The minimum Gasteiger partial charge on any atom is -0.507 e. The summed E-state index contributed by atoms with van der Waals surface area (Å²) in [6.45, 7) is 2.26. The van der Waals surface area contributed by atoms with Crippen molar-refractivity contribution < 1.29 is 5.11 Å². The number of halogens is 1. The van der Waals surface area contributed by atoms with Gasteiger partial charge in [-0.2, -0.15) is 0 Å². The Hall–Kier alpha value is -0.540. The minimum atomic E-state index is 0.331. The van der Waals surface area contributed by atoms with E-state index in [1.165, 1.54) is 50.6 Å². The van der Waals surface area contributed by atoms with E-state index in [0.29, 0.717) is 5.75 Å². The molecule has 2 aliphatic rings. The minimum absolute atomic E-state index is 0.331. The lowest BCUT2D eigenvalue weighted by Crippen LogP contribution is -2.34. The van der Waals surface area contributed by atoms with Crippen LogP contribution in [0.25, 0.3) is 0 Å². The van der Waals surface area contributed by atoms with Gasteiger partial charge in [0, 0.05) is 12.6 Å². The monoisotopic (exact) mass is 323 g/mol. The summed E-state index contributed by atoms with van der Waals surface area (Å²) in [5.74, 6) is 1.26. The summed E-state index contributed by atoms with van der Waals surface area (Å²) >= 11 is 3.41. The summed E-state index contributed by atoms with van der Waals surface area (Å²) in [4.78, 5) is 2.66. The lowest BCUT2D eigenvalue weighted by Gasteiger charge is -2.29. The van der Waals surface area contributed by atoms with Crippen LogP contribution in [0.15, 0.2) is 22.7 Å². The van der Waals surface area contributed by atoms with Crippen molar-refractivity contribution in [1.82, 2.24) is 4.90 Å². The van der Waals surface area contributed by atoms with Gasteiger partial charge in [-0.1, -0.05) is 18.9 Å². The number of hydrogen-bond acceptors (Lipinski definition) is 2. The van der Waals surface area contributed by atoms with Crippen molar-refractivity contribution in [2.24, 2.45) is 5.92 Å². The van der Waals surface area contributed by atoms with Crippen molar-refractivity contribution in [1.29, 1.82) is 0 Å². The number of rotatable bonds is 3. The number of benzene rings is 1. The van der Waals surface area contributed by atoms with Crippen LogP contribution in [0.2, 0.25) is 0 Å². The maximum atomic E-state index is 9.57. The predicted molar refractivity (Wildman–Crippen MR) is 81.2 cm³/mol. The number of aromatic hydroxyl groups is 1. The van der Waals surface area contributed by atoms with Gasteiger partial charge in [-0.15, -0.1) is 0 Å². The third kappa shape index (κ3) is 2.97. The maximum Gasteiger partial charge on any atom is 0.129 e. The van der Waals surface area contributed by atoms with Crippen molar-refractivity contribution >= 4 is 15.9 Å². The Labute approximate surface area is 123 Å². The lowest BCUT2D eigenvalue weighted by atomic mass is 9.96. The molecule has 1 N–H and O–H groups in total. The first-order chi connectivity index (χ1) is 9.24. The first kappa shape index (κ1) is 13.4. The molecule has 0 amide bonds. The average molecular weight is 324 g/mol. The van der Waals surface area contributed by atoms with Crippen molar-refractivity contribution in [3.05, 3.63) is 28.2 Å². The molecule has 3 heteroatoms. The largest absolute Gasteiger partial charge is 0.507 e. The van der Waals surface area contributed by atoms with Gasteiger partial charge in [0.05, 0.1) is 4.47 Å². The molecule has 1 saturated heterocycles. The van der Waals surface area contributed by atoms with Crippen LogP contribution in [0.5, 0.6) is 5.75 Å². The molecule has 104 valence electrons. The smallest absolute Gasteiger partial charge is 0.129 e. The Kier molecular flexibility index (Phi) is 4.13.